The van der Waals surface area contributed by atoms with Crippen LogP contribution in [0.5, 0.6) is 0 Å². The van der Waals surface area contributed by atoms with Crippen LogP contribution in [0, 0.1) is 5.82 Å². The summed E-state index contributed by atoms with van der Waals surface area (Å²) in [7, 11) is -1.00. The van der Waals surface area contributed by atoms with E-state index in [1.807, 2.05) is 18.2 Å². The van der Waals surface area contributed by atoms with Gasteiger partial charge in [0, 0.05) is 24.3 Å². The Labute approximate surface area is 455 Å². The van der Waals surface area contributed by atoms with Crippen molar-refractivity contribution in [3.63, 3.8) is 0 Å². The van der Waals surface area contributed by atoms with Crippen LogP contribution in [-0.4, -0.2) is 37.1 Å². The van der Waals surface area contributed by atoms with Gasteiger partial charge >= 0.3 is 103 Å². The monoisotopic (exact) mass is 1090 g/mol. The molecule has 1 aliphatic heterocycles. The molecule has 0 amide bonds. The van der Waals surface area contributed by atoms with E-state index in [4.69, 9.17) is 16.4 Å². The quantitative estimate of drug-likeness (QED) is 0.0917. The number of aromatic nitrogens is 5. The summed E-state index contributed by atoms with van der Waals surface area (Å²) in [6.07, 6.45) is 0.949. The number of alkyl halides is 1. The molecule has 0 bridgehead atoms. The van der Waals surface area contributed by atoms with Crippen LogP contribution < -0.4 is 108 Å². The molecular weight excluding hydrogens is 1060 g/mol. The van der Waals surface area contributed by atoms with Gasteiger partial charge in [-0.3, -0.25) is 22.7 Å². The van der Waals surface area contributed by atoms with Gasteiger partial charge in [0.15, 0.2) is 0 Å². The molecule has 288 valence electrons. The van der Waals surface area contributed by atoms with Gasteiger partial charge in [0.1, 0.15) is 11.6 Å². The van der Waals surface area contributed by atoms with Crippen molar-refractivity contribution >= 4 is 109 Å². The number of nitrogens with zero attached hydrogens (tertiary/aromatic N) is 5. The predicted octanol–water partition coefficient (Wildman–Crippen LogP) is 6.01. The normalized spacial score (nSPS) is 10.6. The minimum Gasteiger partial charge on any atom is -1.00 e. The summed E-state index contributed by atoms with van der Waals surface area (Å²) in [4.78, 5) is 20.8. The first-order chi connectivity index (χ1) is 27.2. The minimum absolute atomic E-state index is 0. The fourth-order valence-electron chi connectivity index (χ4n) is 6.31. The number of para-hydroxylation sites is 7. The van der Waals surface area contributed by atoms with E-state index in [1.165, 1.54) is 28.9 Å². The zero-order chi connectivity index (χ0) is 39.8. The van der Waals surface area contributed by atoms with E-state index >= 15 is 0 Å². The van der Waals surface area contributed by atoms with Gasteiger partial charge in [-0.25, -0.2) is 14.4 Å². The molecular formula is C42H33Br4F2K2N5O3. The van der Waals surface area contributed by atoms with E-state index in [0.717, 1.165) is 69.2 Å². The standard InChI is InChI=1S/C19H11Br2N3.C14H10N2.C6H3Br2F.CH3F.CH2O3.CH4.2K.H/c20-12-9-13(21)11-14(10-12)23-17-7-3-4-8-18(17)24-16-6-2-1-5-15(16)22-19(23)24;1-3-7-12-10(5-1)9-14-15-11-6-2-4-8-13(11)16(12)14;7-4-1-5(8)3-6(9)2-4;1-2;2-1-4-3;;;;/h1-11H;1-8H,9H2;1-3H;1H3;1,3H;1H4;;;/q;;;;;;2*+1;-1/p-1/i;;;1D;;;;;. The van der Waals surface area contributed by atoms with Gasteiger partial charge in [0.2, 0.25) is 5.78 Å². The maximum atomic E-state index is 12.4. The second-order valence-electron chi connectivity index (χ2n) is 11.6. The van der Waals surface area contributed by atoms with Gasteiger partial charge < -0.3 is 11.6 Å². The summed E-state index contributed by atoms with van der Waals surface area (Å²) in [6.45, 7) is -0.181. The van der Waals surface area contributed by atoms with Crippen molar-refractivity contribution in [3.8, 4) is 11.4 Å². The molecule has 0 N–H and O–H groups in total. The van der Waals surface area contributed by atoms with Gasteiger partial charge in [-0.15, -0.1) is 0 Å². The van der Waals surface area contributed by atoms with Gasteiger partial charge in [-0.1, -0.05) is 126 Å². The van der Waals surface area contributed by atoms with Crippen LogP contribution in [0.3, 0.4) is 0 Å². The molecule has 0 unspecified atom stereocenters. The summed E-state index contributed by atoms with van der Waals surface area (Å²) >= 11 is 13.5. The summed E-state index contributed by atoms with van der Waals surface area (Å²) in [5.74, 6) is 1.83. The Kier molecular flexibility index (Phi) is 20.6. The number of imidazole rings is 3. The first-order valence-corrected chi connectivity index (χ1v) is 19.4. The maximum Gasteiger partial charge on any atom is 1.00 e. The molecule has 1 aliphatic rings. The molecule has 6 aromatic carbocycles. The molecule has 8 nitrogen and oxygen atoms in total. The van der Waals surface area contributed by atoms with Gasteiger partial charge in [0.25, 0.3) is 6.47 Å². The number of carbonyl (C=O) groups excluding carboxylic acids is 1. The van der Waals surface area contributed by atoms with Crippen molar-refractivity contribution in [2.75, 3.05) is 7.15 Å². The fraction of sp³-hybridized carbons (Fsp3) is 0.0714. The van der Waals surface area contributed by atoms with E-state index in [1.54, 1.807) is 6.07 Å². The second-order valence-corrected chi connectivity index (χ2v) is 15.3. The van der Waals surface area contributed by atoms with E-state index in [2.05, 4.69) is 184 Å². The molecule has 9 aromatic rings. The third kappa shape index (κ3) is 11.7. The van der Waals surface area contributed by atoms with Crippen LogP contribution >= 0.6 is 63.7 Å². The second kappa shape index (κ2) is 24.3. The number of halogens is 6. The summed E-state index contributed by atoms with van der Waals surface area (Å²) in [6, 6.07) is 44.3. The smallest absolute Gasteiger partial charge is 1.00 e. The SMILES string of the molecule is Brc1cc(Br)cc(-n2c3ccccc3n3c4ccccc4nc23)c1.C.Fc1cc(Br)cc(Br)c1.O=CO[O-].[2H]CF.[H-].[K+].[K+].c1ccc2c(c1)Cc1nc3ccccc3n1-2. The number of rotatable bonds is 2. The molecule has 0 radical (unpaired) electrons. The number of hydrogen-bond acceptors (Lipinski definition) is 5. The Morgan fingerprint density at radius 3 is 1.74 bits per heavy atom. The van der Waals surface area contributed by atoms with E-state index in [0.29, 0.717) is 0 Å². The van der Waals surface area contributed by atoms with Crippen molar-refractivity contribution in [2.24, 2.45) is 0 Å². The van der Waals surface area contributed by atoms with Crippen molar-refractivity contribution < 1.29 is 129 Å². The number of carbonyl (C=O) groups is 1. The first-order valence-electron chi connectivity index (χ1n) is 16.9. The van der Waals surface area contributed by atoms with Crippen molar-refractivity contribution in [2.45, 2.75) is 13.8 Å². The number of benzene rings is 6. The van der Waals surface area contributed by atoms with Crippen LogP contribution in [0.25, 0.3) is 50.3 Å². The van der Waals surface area contributed by atoms with Gasteiger partial charge in [-0.2, -0.15) is 0 Å². The van der Waals surface area contributed by atoms with Crippen LogP contribution in [0.4, 0.5) is 8.78 Å². The fourth-order valence-corrected chi connectivity index (χ4v) is 8.81. The van der Waals surface area contributed by atoms with E-state index in [-0.39, 0.29) is 124 Å². The molecule has 0 spiro atoms. The van der Waals surface area contributed by atoms with E-state index < -0.39 is 7.15 Å². The zero-order valence-electron chi connectivity index (χ0n) is 32.4. The minimum atomic E-state index is -1.00. The molecule has 0 saturated heterocycles. The van der Waals surface area contributed by atoms with Gasteiger partial charge in [-0.05, 0) is 84.4 Å². The van der Waals surface area contributed by atoms with Crippen LogP contribution in [0.15, 0.2) is 151 Å². The summed E-state index contributed by atoms with van der Waals surface area (Å²) < 4.78 is 38.1. The number of hydrogen-bond donors (Lipinski definition) is 0. The number of fused-ring (bicyclic) bond motifs is 10. The van der Waals surface area contributed by atoms with Crippen LogP contribution in [0.1, 0.15) is 21.6 Å². The largest absolute Gasteiger partial charge is 1.00 e. The molecule has 10 rings (SSSR count). The molecule has 4 heterocycles. The predicted molar refractivity (Wildman–Crippen MR) is 233 cm³/mol. The Morgan fingerprint density at radius 1 is 0.707 bits per heavy atom. The average Bonchev–Trinajstić information content (AvgIpc) is 3.92. The zero-order valence-corrected chi connectivity index (χ0v) is 43.0. The van der Waals surface area contributed by atoms with Crippen LogP contribution in [0.2, 0.25) is 0 Å². The topological polar surface area (TPSA) is 89.4 Å². The molecule has 3 aromatic heterocycles. The van der Waals surface area contributed by atoms with E-state index in [9.17, 15) is 8.78 Å². The summed E-state index contributed by atoms with van der Waals surface area (Å²) in [5, 5.41) is 8.43. The molecule has 0 saturated carbocycles. The van der Waals surface area contributed by atoms with Crippen LogP contribution in [-0.2, 0) is 16.1 Å². The average molecular weight is 1090 g/mol. The van der Waals surface area contributed by atoms with Crippen molar-refractivity contribution in [1.29, 1.82) is 0 Å². The molecule has 0 atom stereocenters. The third-order valence-electron chi connectivity index (χ3n) is 8.29. The Hall–Kier alpha value is -1.46. The van der Waals surface area contributed by atoms with Crippen molar-refractivity contribution in [1.82, 2.24) is 23.5 Å². The molecule has 58 heavy (non-hydrogen) atoms. The molecule has 0 aliphatic carbocycles. The van der Waals surface area contributed by atoms with Crippen molar-refractivity contribution in [3.05, 3.63) is 169 Å². The Balaban J connectivity index is 0.000000300. The molecule has 0 fully saturated rings. The summed E-state index contributed by atoms with van der Waals surface area (Å²) in [5.41, 5.74) is 10.4. The first kappa shape index (κ1) is 49.2. The maximum absolute atomic E-state index is 12.4. The Bertz CT molecular complexity index is 2740. The van der Waals surface area contributed by atoms with Gasteiger partial charge in [0.05, 0.1) is 53.0 Å². The molecule has 16 heteroatoms. The Morgan fingerprint density at radius 2 is 1.17 bits per heavy atom. The third-order valence-corrected chi connectivity index (χ3v) is 10.1.